The average Bonchev–Trinajstić information content (AvgIpc) is 3.31. The molecular weight excluding hydrogens is 397 g/mol. The van der Waals surface area contributed by atoms with Gasteiger partial charge in [-0.1, -0.05) is 17.3 Å². The molecule has 1 fully saturated rings. The highest BCUT2D eigenvalue weighted by molar-refractivity contribution is 7.89. The van der Waals surface area contributed by atoms with Gasteiger partial charge >= 0.3 is 0 Å². The maximum absolute atomic E-state index is 13.8. The number of nitrogens with one attached hydrogen (secondary N) is 1. The highest BCUT2D eigenvalue weighted by Gasteiger charge is 2.35. The zero-order valence-electron chi connectivity index (χ0n) is 16.4. The summed E-state index contributed by atoms with van der Waals surface area (Å²) in [4.78, 5) is 4.63. The molecule has 154 valence electrons. The average molecular weight is 419 g/mol. The molecule has 1 aliphatic heterocycles. The molecule has 10 heteroatoms. The van der Waals surface area contributed by atoms with Crippen LogP contribution >= 0.6 is 0 Å². The first-order chi connectivity index (χ1) is 13.8. The normalized spacial score (nSPS) is 18.3. The van der Waals surface area contributed by atoms with Gasteiger partial charge in [-0.2, -0.15) is 14.4 Å². The van der Waals surface area contributed by atoms with Crippen molar-refractivity contribution in [3.63, 3.8) is 0 Å². The Hall–Kier alpha value is -2.59. The van der Waals surface area contributed by atoms with Gasteiger partial charge < -0.3 is 4.52 Å². The highest BCUT2D eigenvalue weighted by atomic mass is 32.2. The Morgan fingerprint density at radius 1 is 1.28 bits per heavy atom. The predicted molar refractivity (Wildman–Crippen MR) is 103 cm³/mol. The third kappa shape index (κ3) is 3.58. The molecule has 3 aromatic rings. The summed E-state index contributed by atoms with van der Waals surface area (Å²) in [6.07, 6.45) is 1.41. The van der Waals surface area contributed by atoms with Crippen molar-refractivity contribution < 1.29 is 17.3 Å². The van der Waals surface area contributed by atoms with Crippen LogP contribution in [0.25, 0.3) is 11.4 Å². The number of hydrogen-bond acceptors (Lipinski definition) is 6. The van der Waals surface area contributed by atoms with Crippen LogP contribution in [0.5, 0.6) is 0 Å². The second-order valence-corrected chi connectivity index (χ2v) is 9.26. The number of halogens is 1. The van der Waals surface area contributed by atoms with E-state index in [-0.39, 0.29) is 23.2 Å². The van der Waals surface area contributed by atoms with Gasteiger partial charge in [0.25, 0.3) is 0 Å². The lowest BCUT2D eigenvalue weighted by molar-refractivity contribution is 0.265. The minimum absolute atomic E-state index is 0.220. The Labute approximate surface area is 168 Å². The van der Waals surface area contributed by atoms with Crippen LogP contribution in [0.2, 0.25) is 0 Å². The predicted octanol–water partition coefficient (Wildman–Crippen LogP) is 3.09. The van der Waals surface area contributed by atoms with Gasteiger partial charge in [-0.3, -0.25) is 5.10 Å². The smallest absolute Gasteiger partial charge is 0.246 e. The lowest BCUT2D eigenvalue weighted by Crippen LogP contribution is -2.39. The van der Waals surface area contributed by atoms with E-state index in [9.17, 15) is 12.8 Å². The number of nitrogens with zero attached hydrogens (tertiary/aromatic N) is 4. The standard InChI is InChI=1S/C19H22FN5O3S/c1-11-6-7-14(9-16(11)20)18-21-19(28-24-18)15-5-4-8-25(10-15)29(26,27)17-12(2)22-23-13(17)3/h6-7,9,15H,4-5,8,10H2,1-3H3,(H,22,23)/t15-/m0/s1. The first-order valence-corrected chi connectivity index (χ1v) is 10.8. The zero-order valence-corrected chi connectivity index (χ0v) is 17.3. The molecule has 4 rings (SSSR count). The van der Waals surface area contributed by atoms with Crippen LogP contribution in [0.15, 0.2) is 27.6 Å². The summed E-state index contributed by atoms with van der Waals surface area (Å²) in [7, 11) is -3.68. The quantitative estimate of drug-likeness (QED) is 0.697. The van der Waals surface area contributed by atoms with E-state index in [1.165, 1.54) is 10.4 Å². The van der Waals surface area contributed by atoms with Crippen molar-refractivity contribution in [1.82, 2.24) is 24.6 Å². The van der Waals surface area contributed by atoms with Gasteiger partial charge in [0.2, 0.25) is 21.7 Å². The maximum Gasteiger partial charge on any atom is 0.246 e. The Morgan fingerprint density at radius 3 is 2.76 bits per heavy atom. The summed E-state index contributed by atoms with van der Waals surface area (Å²) in [6, 6.07) is 4.76. The maximum atomic E-state index is 13.8. The molecule has 0 bridgehead atoms. The highest BCUT2D eigenvalue weighted by Crippen LogP contribution is 2.32. The van der Waals surface area contributed by atoms with Crippen LogP contribution in [0.3, 0.4) is 0 Å². The van der Waals surface area contributed by atoms with Crippen molar-refractivity contribution >= 4 is 10.0 Å². The van der Waals surface area contributed by atoms with E-state index < -0.39 is 10.0 Å². The second kappa shape index (κ2) is 7.34. The van der Waals surface area contributed by atoms with E-state index in [1.807, 2.05) is 0 Å². The second-order valence-electron chi connectivity index (χ2n) is 7.39. The molecular formula is C19H22FN5O3S. The molecule has 0 saturated carbocycles. The van der Waals surface area contributed by atoms with Crippen LogP contribution in [0.1, 0.15) is 41.6 Å². The number of rotatable bonds is 4. The van der Waals surface area contributed by atoms with E-state index in [4.69, 9.17) is 4.52 Å². The largest absolute Gasteiger partial charge is 0.339 e. The number of sulfonamides is 1. The molecule has 2 aromatic heterocycles. The summed E-state index contributed by atoms with van der Waals surface area (Å²) in [5.41, 5.74) is 2.03. The fourth-order valence-corrected chi connectivity index (χ4v) is 5.52. The summed E-state index contributed by atoms with van der Waals surface area (Å²) in [5.74, 6) is 0.0964. The SMILES string of the molecule is Cc1ccc(-c2noc([C@H]3CCCN(S(=O)(=O)c4c(C)n[nH]c4C)C3)n2)cc1F. The number of aromatic amines is 1. The number of H-pyrrole nitrogens is 1. The minimum atomic E-state index is -3.68. The Morgan fingerprint density at radius 2 is 2.07 bits per heavy atom. The number of aromatic nitrogens is 4. The molecule has 1 atom stereocenters. The van der Waals surface area contributed by atoms with Gasteiger partial charge in [0.05, 0.1) is 17.3 Å². The first kappa shape index (κ1) is 19.7. The third-order valence-corrected chi connectivity index (χ3v) is 7.39. The van der Waals surface area contributed by atoms with Crippen molar-refractivity contribution in [2.75, 3.05) is 13.1 Å². The molecule has 8 nitrogen and oxygen atoms in total. The van der Waals surface area contributed by atoms with Crippen molar-refractivity contribution in [2.24, 2.45) is 0 Å². The van der Waals surface area contributed by atoms with E-state index >= 15 is 0 Å². The van der Waals surface area contributed by atoms with Crippen LogP contribution < -0.4 is 0 Å². The van der Waals surface area contributed by atoms with Crippen molar-refractivity contribution in [1.29, 1.82) is 0 Å². The summed E-state index contributed by atoms with van der Waals surface area (Å²) >= 11 is 0. The molecule has 1 aliphatic rings. The third-order valence-electron chi connectivity index (χ3n) is 5.26. The molecule has 0 spiro atoms. The van der Waals surface area contributed by atoms with Crippen molar-refractivity contribution in [3.05, 3.63) is 46.9 Å². The van der Waals surface area contributed by atoms with E-state index in [1.54, 1.807) is 32.9 Å². The van der Waals surface area contributed by atoms with Gasteiger partial charge in [0, 0.05) is 18.7 Å². The van der Waals surface area contributed by atoms with E-state index in [0.29, 0.717) is 47.2 Å². The molecule has 0 aliphatic carbocycles. The number of hydrogen-bond donors (Lipinski definition) is 1. The molecule has 1 N–H and O–H groups in total. The molecule has 1 aromatic carbocycles. The number of piperidine rings is 1. The Kier molecular flexibility index (Phi) is 4.99. The molecule has 0 unspecified atom stereocenters. The Balaban J connectivity index is 1.58. The number of aryl methyl sites for hydroxylation is 3. The molecule has 29 heavy (non-hydrogen) atoms. The summed E-state index contributed by atoms with van der Waals surface area (Å²) in [5, 5.41) is 10.7. The monoisotopic (exact) mass is 419 g/mol. The topological polar surface area (TPSA) is 105 Å². The molecule has 0 radical (unpaired) electrons. The first-order valence-electron chi connectivity index (χ1n) is 9.39. The van der Waals surface area contributed by atoms with E-state index in [0.717, 1.165) is 6.42 Å². The number of benzene rings is 1. The summed E-state index contributed by atoms with van der Waals surface area (Å²) in [6.45, 7) is 5.71. The van der Waals surface area contributed by atoms with Gasteiger partial charge in [-0.05, 0) is 45.2 Å². The summed E-state index contributed by atoms with van der Waals surface area (Å²) < 4.78 is 46.9. The van der Waals surface area contributed by atoms with Gasteiger partial charge in [-0.25, -0.2) is 12.8 Å². The van der Waals surface area contributed by atoms with Gasteiger partial charge in [-0.15, -0.1) is 0 Å². The Bertz CT molecular complexity index is 1140. The molecule has 3 heterocycles. The van der Waals surface area contributed by atoms with Crippen LogP contribution in [0.4, 0.5) is 4.39 Å². The molecule has 0 amide bonds. The van der Waals surface area contributed by atoms with E-state index in [2.05, 4.69) is 20.3 Å². The molecule has 1 saturated heterocycles. The fourth-order valence-electron chi connectivity index (χ4n) is 3.66. The van der Waals surface area contributed by atoms with Crippen LogP contribution in [-0.2, 0) is 10.0 Å². The van der Waals surface area contributed by atoms with Crippen LogP contribution in [0, 0.1) is 26.6 Å². The lowest BCUT2D eigenvalue weighted by atomic mass is 10.00. The van der Waals surface area contributed by atoms with Gasteiger partial charge in [0.1, 0.15) is 10.7 Å². The minimum Gasteiger partial charge on any atom is -0.339 e. The van der Waals surface area contributed by atoms with Gasteiger partial charge in [0.15, 0.2) is 0 Å². The lowest BCUT2D eigenvalue weighted by Gasteiger charge is -2.30. The fraction of sp³-hybridized carbons (Fsp3) is 0.421. The van der Waals surface area contributed by atoms with Crippen LogP contribution in [-0.4, -0.2) is 46.2 Å². The van der Waals surface area contributed by atoms with Crippen molar-refractivity contribution in [3.8, 4) is 11.4 Å². The van der Waals surface area contributed by atoms with Crippen molar-refractivity contribution in [2.45, 2.75) is 44.4 Å². The zero-order chi connectivity index (χ0) is 20.8.